The van der Waals surface area contributed by atoms with Gasteiger partial charge in [-0.2, -0.15) is 17.4 Å². The van der Waals surface area contributed by atoms with Gasteiger partial charge in [0.05, 0.1) is 12.1 Å². The van der Waals surface area contributed by atoms with Gasteiger partial charge in [0, 0.05) is 26.8 Å². The number of likely N-dealkylation sites (N-methyl/N-ethyl adjacent to an activating group) is 1. The zero-order valence-corrected chi connectivity index (χ0v) is 21.8. The van der Waals surface area contributed by atoms with Gasteiger partial charge in [0.25, 0.3) is 16.7 Å². The zero-order chi connectivity index (χ0) is 24.6. The van der Waals surface area contributed by atoms with Gasteiger partial charge in [-0.15, -0.1) is 0 Å². The number of carbonyl (C=O) groups excluding carboxylic acids is 1. The summed E-state index contributed by atoms with van der Waals surface area (Å²) in [5.74, 6) is 0.401. The highest BCUT2D eigenvalue weighted by Gasteiger charge is 2.44. The van der Waals surface area contributed by atoms with Gasteiger partial charge in [-0.1, -0.05) is 39.0 Å². The van der Waals surface area contributed by atoms with E-state index in [9.17, 15) is 13.2 Å². The molecule has 1 saturated carbocycles. The Morgan fingerprint density at radius 3 is 2.36 bits per heavy atom. The van der Waals surface area contributed by atoms with Crippen LogP contribution in [0.2, 0.25) is 0 Å². The van der Waals surface area contributed by atoms with Crippen LogP contribution < -0.4 is 10.0 Å². The molecule has 0 aromatic heterocycles. The minimum atomic E-state index is -3.63. The maximum atomic E-state index is 12.8. The molecule has 1 heterocycles. The second-order valence-electron chi connectivity index (χ2n) is 9.75. The van der Waals surface area contributed by atoms with Gasteiger partial charge in [0.15, 0.2) is 0 Å². The van der Waals surface area contributed by atoms with Crippen LogP contribution in [0, 0.1) is 5.92 Å². The van der Waals surface area contributed by atoms with Crippen molar-refractivity contribution in [3.8, 4) is 0 Å². The van der Waals surface area contributed by atoms with Crippen LogP contribution in [0.4, 0.5) is 4.79 Å². The third-order valence-corrected chi connectivity index (χ3v) is 7.65. The summed E-state index contributed by atoms with van der Waals surface area (Å²) in [7, 11) is -2.17. The maximum Gasteiger partial charge on any atom is 0.407 e. The highest BCUT2D eigenvalue weighted by Crippen LogP contribution is 2.30. The number of alkyl carbamates (subject to hydrolysis) is 1. The van der Waals surface area contributed by atoms with Gasteiger partial charge in [0.1, 0.15) is 11.7 Å². The van der Waals surface area contributed by atoms with Crippen molar-refractivity contribution in [2.24, 2.45) is 5.92 Å². The topological polar surface area (TPSA) is 115 Å². The Balaban J connectivity index is 2.32. The predicted molar refractivity (Wildman–Crippen MR) is 125 cm³/mol. The molecule has 0 radical (unpaired) electrons. The largest absolute Gasteiger partial charge is 0.444 e. The molecule has 1 amide bonds. The van der Waals surface area contributed by atoms with E-state index in [1.54, 1.807) is 27.7 Å². The van der Waals surface area contributed by atoms with Crippen LogP contribution in [0.25, 0.3) is 0 Å². The number of carbonyl (C=O) groups is 1. The molecule has 4 atom stereocenters. The van der Waals surface area contributed by atoms with E-state index < -0.39 is 46.6 Å². The molecular weight excluding hydrogens is 450 g/mol. The van der Waals surface area contributed by atoms with E-state index >= 15 is 0 Å². The minimum absolute atomic E-state index is 0.225. The van der Waals surface area contributed by atoms with Crippen molar-refractivity contribution in [2.45, 2.75) is 103 Å². The van der Waals surface area contributed by atoms with Crippen LogP contribution >= 0.6 is 0 Å². The molecule has 0 spiro atoms. The Morgan fingerprint density at radius 2 is 1.85 bits per heavy atom. The molecule has 2 rings (SSSR count). The summed E-state index contributed by atoms with van der Waals surface area (Å²) in [6.45, 7) is 8.94. The fourth-order valence-corrected chi connectivity index (χ4v) is 5.94. The molecule has 2 N–H and O–H groups in total. The predicted octanol–water partition coefficient (Wildman–Crippen LogP) is 2.74. The lowest BCUT2D eigenvalue weighted by Crippen LogP contribution is -2.56. The standard InChI is InChI=1S/C22H43N3O7S/c1-7-25-15-18(24-33(25,27)28)19(31-21(29-6)30-8-2)17(14-16-12-10-9-11-13-16)23-20(26)32-22(3,4)5/h16-19,21,24H,7-15H2,1-6H3,(H,23,26)/t17-,18-,19?,21?/m0/s1. The van der Waals surface area contributed by atoms with E-state index in [-0.39, 0.29) is 6.54 Å². The van der Waals surface area contributed by atoms with Crippen molar-refractivity contribution in [3.05, 3.63) is 0 Å². The number of nitrogens with one attached hydrogen (secondary N) is 2. The number of rotatable bonds is 11. The van der Waals surface area contributed by atoms with E-state index in [0.29, 0.717) is 25.5 Å². The van der Waals surface area contributed by atoms with Crippen molar-refractivity contribution >= 4 is 16.3 Å². The van der Waals surface area contributed by atoms with Crippen molar-refractivity contribution < 1.29 is 32.2 Å². The first-order valence-electron chi connectivity index (χ1n) is 12.1. The van der Waals surface area contributed by atoms with Crippen LogP contribution in [0.5, 0.6) is 0 Å². The van der Waals surface area contributed by atoms with E-state index in [1.807, 2.05) is 6.92 Å². The number of hydrogen-bond donors (Lipinski definition) is 2. The van der Waals surface area contributed by atoms with E-state index in [2.05, 4.69) is 10.0 Å². The molecule has 0 bridgehead atoms. The maximum absolute atomic E-state index is 12.8. The van der Waals surface area contributed by atoms with Crippen molar-refractivity contribution in [2.75, 3.05) is 26.8 Å². The molecule has 10 nitrogen and oxygen atoms in total. The second-order valence-corrected chi connectivity index (χ2v) is 11.5. The molecule has 1 saturated heterocycles. The lowest BCUT2D eigenvalue weighted by atomic mass is 9.83. The zero-order valence-electron chi connectivity index (χ0n) is 21.0. The van der Waals surface area contributed by atoms with E-state index in [4.69, 9.17) is 18.9 Å². The van der Waals surface area contributed by atoms with E-state index in [0.717, 1.165) is 25.7 Å². The molecule has 2 unspecified atom stereocenters. The highest BCUT2D eigenvalue weighted by molar-refractivity contribution is 7.87. The number of methoxy groups -OCH3 is 1. The normalized spacial score (nSPS) is 24.8. The van der Waals surface area contributed by atoms with Gasteiger partial charge in [-0.25, -0.2) is 4.79 Å². The summed E-state index contributed by atoms with van der Waals surface area (Å²) >= 11 is 0. The smallest absolute Gasteiger partial charge is 0.407 e. The van der Waals surface area contributed by atoms with Crippen molar-refractivity contribution in [1.82, 2.24) is 14.3 Å². The fraction of sp³-hybridized carbons (Fsp3) is 0.955. The molecule has 194 valence electrons. The number of hydrogen-bond acceptors (Lipinski definition) is 7. The lowest BCUT2D eigenvalue weighted by molar-refractivity contribution is -0.298. The lowest BCUT2D eigenvalue weighted by Gasteiger charge is -2.36. The quantitative estimate of drug-likeness (QED) is 0.425. The SMILES string of the molecule is CCOC(OC)OC([C@H](CC1CCCCC1)NC(=O)OC(C)(C)C)[C@@H]1CN(CC)S(=O)(=O)N1. The van der Waals surface area contributed by atoms with Crippen molar-refractivity contribution in [1.29, 1.82) is 0 Å². The van der Waals surface area contributed by atoms with Gasteiger partial charge in [0.2, 0.25) is 0 Å². The second kappa shape index (κ2) is 12.6. The molecule has 2 aliphatic rings. The fourth-order valence-electron chi connectivity index (χ4n) is 4.50. The molecule has 2 fully saturated rings. The summed E-state index contributed by atoms with van der Waals surface area (Å²) in [5, 5.41) is 2.98. The number of amides is 1. The molecule has 1 aliphatic heterocycles. The summed E-state index contributed by atoms with van der Waals surface area (Å²) < 4.78 is 51.8. The molecule has 0 aromatic carbocycles. The Bertz CT molecular complexity index is 707. The third-order valence-electron chi connectivity index (χ3n) is 5.96. The molecule has 33 heavy (non-hydrogen) atoms. The molecule has 0 aromatic rings. The molecular formula is C22H43N3O7S. The monoisotopic (exact) mass is 493 g/mol. The van der Waals surface area contributed by atoms with Crippen LogP contribution in [0.15, 0.2) is 0 Å². The van der Waals surface area contributed by atoms with Crippen LogP contribution in [-0.2, 0) is 29.2 Å². The first-order valence-corrected chi connectivity index (χ1v) is 13.5. The molecule has 1 aliphatic carbocycles. The summed E-state index contributed by atoms with van der Waals surface area (Å²) in [5.41, 5.74) is -0.663. The minimum Gasteiger partial charge on any atom is -0.444 e. The van der Waals surface area contributed by atoms with Crippen LogP contribution in [-0.4, -0.2) is 75.9 Å². The van der Waals surface area contributed by atoms with Gasteiger partial charge in [-0.3, -0.25) is 0 Å². The average molecular weight is 494 g/mol. The first-order chi connectivity index (χ1) is 15.5. The number of nitrogens with zero attached hydrogens (tertiary/aromatic N) is 1. The van der Waals surface area contributed by atoms with Gasteiger partial charge in [-0.05, 0) is 40.0 Å². The first kappa shape index (κ1) is 28.3. The van der Waals surface area contributed by atoms with Crippen LogP contribution in [0.1, 0.15) is 73.1 Å². The van der Waals surface area contributed by atoms with Crippen molar-refractivity contribution in [3.63, 3.8) is 0 Å². The Hall–Kier alpha value is -0.980. The summed E-state index contributed by atoms with van der Waals surface area (Å²) in [4.78, 5) is 12.8. The Kier molecular flexibility index (Phi) is 10.8. The Labute approximate surface area is 199 Å². The average Bonchev–Trinajstić information content (AvgIpc) is 3.04. The Morgan fingerprint density at radius 1 is 1.18 bits per heavy atom. The third kappa shape index (κ3) is 8.95. The van der Waals surface area contributed by atoms with E-state index in [1.165, 1.54) is 17.8 Å². The van der Waals surface area contributed by atoms with Crippen LogP contribution in [0.3, 0.4) is 0 Å². The molecule has 11 heteroatoms. The highest BCUT2D eigenvalue weighted by atomic mass is 32.2. The van der Waals surface area contributed by atoms with Gasteiger partial charge < -0.3 is 24.3 Å². The summed E-state index contributed by atoms with van der Waals surface area (Å²) in [6, 6.07) is -1.08. The van der Waals surface area contributed by atoms with Gasteiger partial charge >= 0.3 is 6.09 Å². The number of ether oxygens (including phenoxy) is 4. The summed E-state index contributed by atoms with van der Waals surface area (Å²) in [6.07, 6.45) is 5.01.